The molecule has 0 aliphatic heterocycles. The summed E-state index contributed by atoms with van der Waals surface area (Å²) in [4.78, 5) is 4.49. The molecule has 1 aromatic carbocycles. The molecule has 0 spiro atoms. The van der Waals surface area contributed by atoms with Gasteiger partial charge in [0, 0.05) is 5.56 Å². The van der Waals surface area contributed by atoms with Crippen LogP contribution in [0.25, 0.3) is 11.4 Å². The monoisotopic (exact) mass is 216 g/mol. The van der Waals surface area contributed by atoms with Crippen molar-refractivity contribution in [3.8, 4) is 11.4 Å². The highest BCUT2D eigenvalue weighted by atomic mass is 15.2. The summed E-state index contributed by atoms with van der Waals surface area (Å²) in [6.45, 7) is 4.12. The lowest BCUT2D eigenvalue weighted by molar-refractivity contribution is 0.418. The third-order valence-electron chi connectivity index (χ3n) is 2.73. The fraction of sp³-hybridized carbons (Fsp3) is 0.333. The van der Waals surface area contributed by atoms with E-state index in [0.717, 1.165) is 17.2 Å². The molecule has 0 saturated heterocycles. The number of hydrogen-bond acceptors (Lipinski definition) is 3. The van der Waals surface area contributed by atoms with Crippen LogP contribution in [0.4, 0.5) is 0 Å². The maximum absolute atomic E-state index is 4.49. The molecule has 2 aromatic rings. The molecule has 0 radical (unpaired) electrons. The Kier molecular flexibility index (Phi) is 2.75. The molecule has 84 valence electrons. The Morgan fingerprint density at radius 2 is 1.88 bits per heavy atom. The van der Waals surface area contributed by atoms with Gasteiger partial charge in [-0.05, 0) is 20.9 Å². The van der Waals surface area contributed by atoms with Crippen molar-refractivity contribution < 1.29 is 0 Å². The van der Waals surface area contributed by atoms with E-state index in [1.165, 1.54) is 0 Å². The summed E-state index contributed by atoms with van der Waals surface area (Å²) >= 11 is 0. The van der Waals surface area contributed by atoms with E-state index in [4.69, 9.17) is 0 Å². The minimum Gasteiger partial charge on any atom is -0.308 e. The highest BCUT2D eigenvalue weighted by Gasteiger charge is 2.22. The summed E-state index contributed by atoms with van der Waals surface area (Å²) in [6, 6.07) is 9.94. The number of nitrogens with zero attached hydrogens (tertiary/aromatic N) is 2. The summed E-state index contributed by atoms with van der Waals surface area (Å²) in [5, 5.41) is 10.4. The van der Waals surface area contributed by atoms with Gasteiger partial charge in [0.05, 0.1) is 5.54 Å². The van der Waals surface area contributed by atoms with E-state index in [9.17, 15) is 0 Å². The number of rotatable bonds is 3. The predicted octanol–water partition coefficient (Wildman–Crippen LogP) is 1.93. The van der Waals surface area contributed by atoms with Crippen molar-refractivity contribution in [1.82, 2.24) is 20.5 Å². The molecule has 0 bridgehead atoms. The van der Waals surface area contributed by atoms with Gasteiger partial charge in [0.25, 0.3) is 0 Å². The Balaban J connectivity index is 2.34. The summed E-state index contributed by atoms with van der Waals surface area (Å²) in [5.41, 5.74) is 0.830. The van der Waals surface area contributed by atoms with Crippen molar-refractivity contribution in [1.29, 1.82) is 0 Å². The van der Waals surface area contributed by atoms with Crippen LogP contribution in [-0.4, -0.2) is 22.2 Å². The number of aromatic amines is 1. The van der Waals surface area contributed by atoms with Gasteiger partial charge in [0.2, 0.25) is 0 Å². The fourth-order valence-electron chi connectivity index (χ4n) is 1.38. The van der Waals surface area contributed by atoms with Crippen LogP contribution in [-0.2, 0) is 5.54 Å². The van der Waals surface area contributed by atoms with E-state index in [2.05, 4.69) is 34.3 Å². The van der Waals surface area contributed by atoms with Crippen LogP contribution in [0.1, 0.15) is 19.7 Å². The Hall–Kier alpha value is -1.68. The maximum Gasteiger partial charge on any atom is 0.181 e. The van der Waals surface area contributed by atoms with Gasteiger partial charge >= 0.3 is 0 Å². The van der Waals surface area contributed by atoms with Gasteiger partial charge < -0.3 is 5.32 Å². The normalized spacial score (nSPS) is 11.7. The summed E-state index contributed by atoms with van der Waals surface area (Å²) in [7, 11) is 1.91. The Morgan fingerprint density at radius 3 is 2.50 bits per heavy atom. The molecule has 1 aromatic heterocycles. The van der Waals surface area contributed by atoms with Crippen molar-refractivity contribution in [2.24, 2.45) is 0 Å². The van der Waals surface area contributed by atoms with E-state index in [-0.39, 0.29) is 5.54 Å². The molecule has 0 unspecified atom stereocenters. The maximum atomic E-state index is 4.49. The van der Waals surface area contributed by atoms with Crippen LogP contribution in [0.15, 0.2) is 30.3 Å². The van der Waals surface area contributed by atoms with Crippen molar-refractivity contribution >= 4 is 0 Å². The van der Waals surface area contributed by atoms with Crippen molar-refractivity contribution in [2.45, 2.75) is 19.4 Å². The summed E-state index contributed by atoms with van der Waals surface area (Å²) in [5.74, 6) is 1.58. The summed E-state index contributed by atoms with van der Waals surface area (Å²) < 4.78 is 0. The minimum atomic E-state index is -0.194. The lowest BCUT2D eigenvalue weighted by atomic mass is 10.1. The van der Waals surface area contributed by atoms with E-state index >= 15 is 0 Å². The Morgan fingerprint density at radius 1 is 1.19 bits per heavy atom. The molecular weight excluding hydrogens is 200 g/mol. The molecule has 2 rings (SSSR count). The van der Waals surface area contributed by atoms with E-state index < -0.39 is 0 Å². The summed E-state index contributed by atoms with van der Waals surface area (Å²) in [6.07, 6.45) is 0. The molecule has 0 saturated carbocycles. The predicted molar refractivity (Wildman–Crippen MR) is 63.9 cm³/mol. The first-order valence-electron chi connectivity index (χ1n) is 5.31. The van der Waals surface area contributed by atoms with Gasteiger partial charge in [-0.1, -0.05) is 30.3 Å². The number of aromatic nitrogens is 3. The molecule has 2 N–H and O–H groups in total. The second kappa shape index (κ2) is 4.06. The van der Waals surface area contributed by atoms with Crippen molar-refractivity contribution in [3.63, 3.8) is 0 Å². The average molecular weight is 216 g/mol. The third kappa shape index (κ3) is 1.97. The minimum absolute atomic E-state index is 0.194. The molecule has 1 heterocycles. The van der Waals surface area contributed by atoms with Gasteiger partial charge in [0.15, 0.2) is 5.82 Å². The second-order valence-corrected chi connectivity index (χ2v) is 4.25. The highest BCUT2D eigenvalue weighted by molar-refractivity contribution is 5.53. The lowest BCUT2D eigenvalue weighted by Crippen LogP contribution is -2.34. The van der Waals surface area contributed by atoms with Gasteiger partial charge in [-0.25, -0.2) is 4.98 Å². The van der Waals surface area contributed by atoms with Crippen LogP contribution in [0.5, 0.6) is 0 Å². The first-order chi connectivity index (χ1) is 7.63. The molecule has 4 nitrogen and oxygen atoms in total. The number of hydrogen-bond donors (Lipinski definition) is 2. The van der Waals surface area contributed by atoms with Crippen molar-refractivity contribution in [2.75, 3.05) is 7.05 Å². The lowest BCUT2D eigenvalue weighted by Gasteiger charge is -2.19. The molecule has 0 atom stereocenters. The first-order valence-corrected chi connectivity index (χ1v) is 5.31. The number of nitrogens with one attached hydrogen (secondary N) is 2. The second-order valence-electron chi connectivity index (χ2n) is 4.25. The first kappa shape index (κ1) is 10.8. The standard InChI is InChI=1S/C12H16N4/c1-12(2,13-3)11-14-10(15-16-11)9-7-5-4-6-8-9/h4-8,13H,1-3H3,(H,14,15,16). The molecule has 0 aliphatic carbocycles. The molecule has 0 amide bonds. The Bertz CT molecular complexity index is 459. The molecular formula is C12H16N4. The van der Waals surface area contributed by atoms with Gasteiger partial charge in [-0.15, -0.1) is 0 Å². The SMILES string of the molecule is CNC(C)(C)c1nc(-c2ccccc2)n[nH]1. The Labute approximate surface area is 95.1 Å². The fourth-order valence-corrected chi connectivity index (χ4v) is 1.38. The molecule has 0 aliphatic rings. The van der Waals surface area contributed by atoms with Crippen LogP contribution in [0.2, 0.25) is 0 Å². The van der Waals surface area contributed by atoms with Crippen LogP contribution in [0, 0.1) is 0 Å². The zero-order valence-corrected chi connectivity index (χ0v) is 9.78. The molecule has 4 heteroatoms. The zero-order valence-electron chi connectivity index (χ0n) is 9.78. The third-order valence-corrected chi connectivity index (χ3v) is 2.73. The van der Waals surface area contributed by atoms with E-state index in [1.54, 1.807) is 0 Å². The van der Waals surface area contributed by atoms with Crippen LogP contribution in [0.3, 0.4) is 0 Å². The number of H-pyrrole nitrogens is 1. The topological polar surface area (TPSA) is 53.6 Å². The van der Waals surface area contributed by atoms with Crippen LogP contribution < -0.4 is 5.32 Å². The highest BCUT2D eigenvalue weighted by Crippen LogP contribution is 2.19. The van der Waals surface area contributed by atoms with Gasteiger partial charge in [-0.3, -0.25) is 5.10 Å². The van der Waals surface area contributed by atoms with Crippen LogP contribution >= 0.6 is 0 Å². The smallest absolute Gasteiger partial charge is 0.181 e. The molecule has 0 fully saturated rings. The van der Waals surface area contributed by atoms with E-state index in [1.807, 2.05) is 37.4 Å². The largest absolute Gasteiger partial charge is 0.308 e. The quantitative estimate of drug-likeness (QED) is 0.824. The zero-order chi connectivity index (χ0) is 11.6. The van der Waals surface area contributed by atoms with E-state index in [0.29, 0.717) is 0 Å². The van der Waals surface area contributed by atoms with Gasteiger partial charge in [-0.2, -0.15) is 5.10 Å². The molecule has 16 heavy (non-hydrogen) atoms. The number of benzene rings is 1. The average Bonchev–Trinajstić information content (AvgIpc) is 2.80. The van der Waals surface area contributed by atoms with Gasteiger partial charge in [0.1, 0.15) is 5.82 Å². The van der Waals surface area contributed by atoms with Crippen molar-refractivity contribution in [3.05, 3.63) is 36.2 Å².